The molecule has 0 fully saturated rings. The zero-order valence-electron chi connectivity index (χ0n) is 27.2. The molecule has 5 heteroatoms. The normalized spacial score (nSPS) is 11.8. The molecule has 3 aromatic heterocycles. The number of thiophene rings is 1. The largest absolute Gasteiger partial charge is 0 e. The zero-order chi connectivity index (χ0) is 31.6. The second-order valence-electron chi connectivity index (χ2n) is 12.2. The third-order valence-electron chi connectivity index (χ3n) is 7.74. The minimum absolute atomic E-state index is 0. The molecule has 0 N–H and O–H groups in total. The predicted octanol–water partition coefficient (Wildman–Crippen LogP) is 10.8. The van der Waals surface area contributed by atoms with E-state index in [1.165, 1.54) is 35.7 Å². The molecule has 0 atom stereocenters. The van der Waals surface area contributed by atoms with Crippen molar-refractivity contribution in [2.75, 3.05) is 0 Å². The van der Waals surface area contributed by atoms with Crippen LogP contribution >= 0.6 is 11.3 Å². The van der Waals surface area contributed by atoms with Crippen LogP contribution in [0.25, 0.3) is 53.8 Å². The first-order valence-corrected chi connectivity index (χ1v) is 23.1. The fraction of sp³-hybridized carbons (Fsp3) is 0.150. The van der Waals surface area contributed by atoms with Gasteiger partial charge in [0.15, 0.2) is 0 Å². The fourth-order valence-electron chi connectivity index (χ4n) is 5.12. The zero-order valence-corrected chi connectivity index (χ0v) is 31.5. The Morgan fingerprint density at radius 2 is 1.51 bits per heavy atom. The molecule has 0 aliphatic rings. The van der Waals surface area contributed by atoms with Crippen molar-refractivity contribution in [1.82, 2.24) is 9.97 Å². The summed E-state index contributed by atoms with van der Waals surface area (Å²) in [5.74, 6) is 6.49. The van der Waals surface area contributed by atoms with Gasteiger partial charge in [-0.2, -0.15) is 11.3 Å². The fourth-order valence-corrected chi connectivity index (χ4v) is 8.40. The van der Waals surface area contributed by atoms with Crippen molar-refractivity contribution in [2.45, 2.75) is 37.0 Å². The molecule has 0 spiro atoms. The van der Waals surface area contributed by atoms with Gasteiger partial charge in [0.1, 0.15) is 0 Å². The van der Waals surface area contributed by atoms with Crippen LogP contribution in [0.5, 0.6) is 0 Å². The first-order chi connectivity index (χ1) is 21.6. The molecule has 227 valence electrons. The molecular formula is C40H36GeIrN2S-2. The van der Waals surface area contributed by atoms with Crippen LogP contribution in [0.2, 0.25) is 17.3 Å². The maximum atomic E-state index is 8.30. The number of rotatable bonds is 5. The first-order valence-electron chi connectivity index (χ1n) is 15.4. The Kier molecular flexibility index (Phi) is 10.1. The number of hydrogen-bond donors (Lipinski definition) is 0. The molecule has 0 saturated carbocycles. The summed E-state index contributed by atoms with van der Waals surface area (Å²) >= 11 is 0.0843. The van der Waals surface area contributed by atoms with E-state index < -0.39 is 19.2 Å². The van der Waals surface area contributed by atoms with E-state index in [2.05, 4.69) is 106 Å². The van der Waals surface area contributed by atoms with Crippen LogP contribution in [-0.2, 0) is 20.1 Å². The molecule has 0 saturated heterocycles. The van der Waals surface area contributed by atoms with Crippen LogP contribution in [0.4, 0.5) is 0 Å². The van der Waals surface area contributed by atoms with Gasteiger partial charge in [-0.15, -0.1) is 23.8 Å². The van der Waals surface area contributed by atoms with Crippen molar-refractivity contribution in [3.63, 3.8) is 0 Å². The van der Waals surface area contributed by atoms with E-state index in [1.54, 1.807) is 17.5 Å². The minimum Gasteiger partial charge on any atom is 0 e. The van der Waals surface area contributed by atoms with Crippen molar-refractivity contribution >= 4 is 49.2 Å². The third-order valence-corrected chi connectivity index (χ3v) is 13.1. The molecule has 0 unspecified atom stereocenters. The van der Waals surface area contributed by atoms with E-state index in [-0.39, 0.29) is 20.1 Å². The standard InChI is InChI=1S/C26H20NS.C14H16GeN.Ir/c1-17(2)19-12-13-27-24(15-19)21-9-11-25-23(14-21)22-10-8-20(16-26(22)28-25)18-6-4-3-5-7-18;1-15(2,3)13-9-10-14(16-11-13)12-7-5-4-6-8-12;/h3-8,10-17H,1-2H3;4-7,9-11H,1-3H3;/q2*-1;/i17D;;. The average molecular weight is 843 g/mol. The van der Waals surface area contributed by atoms with Crippen LogP contribution in [0.15, 0.2) is 122 Å². The molecule has 2 nitrogen and oxygen atoms in total. The van der Waals surface area contributed by atoms with Gasteiger partial charge < -0.3 is 4.98 Å². The number of hydrogen-bond acceptors (Lipinski definition) is 3. The summed E-state index contributed by atoms with van der Waals surface area (Å²) < 4.78 is 12.3. The van der Waals surface area contributed by atoms with Gasteiger partial charge in [0.25, 0.3) is 0 Å². The van der Waals surface area contributed by atoms with E-state index in [4.69, 9.17) is 1.37 Å². The molecule has 1 radical (unpaired) electrons. The van der Waals surface area contributed by atoms with Crippen LogP contribution in [0, 0.1) is 12.1 Å². The summed E-state index contributed by atoms with van der Waals surface area (Å²) in [7, 11) is 0. The van der Waals surface area contributed by atoms with Gasteiger partial charge in [0, 0.05) is 32.4 Å². The molecule has 4 aromatic carbocycles. The van der Waals surface area contributed by atoms with E-state index in [0.717, 1.165) is 28.1 Å². The Labute approximate surface area is 288 Å². The number of nitrogens with zero attached hydrogens (tertiary/aromatic N) is 2. The Balaban J connectivity index is 0.000000209. The summed E-state index contributed by atoms with van der Waals surface area (Å²) in [5, 5.41) is 2.49. The molecule has 7 rings (SSSR count). The second-order valence-corrected chi connectivity index (χ2v) is 23.9. The maximum Gasteiger partial charge on any atom is 0 e. The van der Waals surface area contributed by atoms with Crippen LogP contribution < -0.4 is 4.40 Å². The van der Waals surface area contributed by atoms with Gasteiger partial charge in [0.2, 0.25) is 0 Å². The van der Waals surface area contributed by atoms with Gasteiger partial charge in [-0.25, -0.2) is 0 Å². The summed E-state index contributed by atoms with van der Waals surface area (Å²) in [4.78, 5) is 9.07. The Hall–Kier alpha value is -3.41. The Bertz CT molecular complexity index is 2060. The molecule has 0 aliphatic carbocycles. The monoisotopic (exact) mass is 844 g/mol. The maximum absolute atomic E-state index is 8.30. The Morgan fingerprint density at radius 3 is 2.20 bits per heavy atom. The second kappa shape index (κ2) is 14.3. The molecule has 0 aliphatic heterocycles. The topological polar surface area (TPSA) is 25.8 Å². The Morgan fingerprint density at radius 1 is 0.711 bits per heavy atom. The molecule has 45 heavy (non-hydrogen) atoms. The van der Waals surface area contributed by atoms with Gasteiger partial charge in [-0.1, -0.05) is 73.3 Å². The van der Waals surface area contributed by atoms with E-state index in [9.17, 15) is 0 Å². The molecule has 0 amide bonds. The van der Waals surface area contributed by atoms with Crippen molar-refractivity contribution < 1.29 is 21.5 Å². The SMILES string of the molecule is [2H]C(C)(C)c1ccnc(-c2[c-]cc3sc4cc(-c5ccccc5)ccc4c3c2)c1.[CH3][Ge]([CH3])([CH3])[c]1ccc(-c2[c-]cccc2)nc1.[Ir]. The molecule has 0 bridgehead atoms. The summed E-state index contributed by atoms with van der Waals surface area (Å²) in [6, 6.07) is 44.2. The molecule has 3 heterocycles. The summed E-state index contributed by atoms with van der Waals surface area (Å²) in [6.45, 7) is 3.80. The predicted molar refractivity (Wildman–Crippen MR) is 192 cm³/mol. The van der Waals surface area contributed by atoms with Crippen LogP contribution in [0.3, 0.4) is 0 Å². The number of pyridine rings is 2. The molecular weight excluding hydrogens is 805 g/mol. The molecule has 7 aromatic rings. The van der Waals surface area contributed by atoms with Crippen molar-refractivity contribution in [3.8, 4) is 33.6 Å². The summed E-state index contributed by atoms with van der Waals surface area (Å²) in [5.41, 5.74) is 7.34. The van der Waals surface area contributed by atoms with Crippen molar-refractivity contribution in [1.29, 1.82) is 0 Å². The third kappa shape index (κ3) is 7.70. The summed E-state index contributed by atoms with van der Waals surface area (Å²) in [6.07, 6.45) is 3.83. The van der Waals surface area contributed by atoms with E-state index in [1.807, 2.05) is 62.5 Å². The van der Waals surface area contributed by atoms with E-state index >= 15 is 0 Å². The number of benzene rings is 4. The van der Waals surface area contributed by atoms with Crippen LogP contribution in [-0.4, -0.2) is 23.2 Å². The van der Waals surface area contributed by atoms with E-state index in [0.29, 0.717) is 0 Å². The average Bonchev–Trinajstić information content (AvgIpc) is 3.42. The van der Waals surface area contributed by atoms with Gasteiger partial charge in [0.05, 0.1) is 0 Å². The smallest absolute Gasteiger partial charge is 0 e. The minimum atomic E-state index is -1.72. The first kappa shape index (κ1) is 31.6. The van der Waals surface area contributed by atoms with Gasteiger partial charge >= 0.3 is 99.8 Å². The van der Waals surface area contributed by atoms with Crippen molar-refractivity contribution in [3.05, 3.63) is 139 Å². The van der Waals surface area contributed by atoms with Gasteiger partial charge in [-0.3, -0.25) is 0 Å². The quantitative estimate of drug-likeness (QED) is 0.127. The number of fused-ring (bicyclic) bond motifs is 3. The van der Waals surface area contributed by atoms with Gasteiger partial charge in [-0.05, 0) is 44.9 Å². The van der Waals surface area contributed by atoms with Crippen molar-refractivity contribution in [2.24, 2.45) is 0 Å². The number of aromatic nitrogens is 2. The van der Waals surface area contributed by atoms with Crippen LogP contribution in [0.1, 0.15) is 26.7 Å².